The second-order valence-corrected chi connectivity index (χ2v) is 7.83. The van der Waals surface area contributed by atoms with Crippen molar-refractivity contribution < 1.29 is 14.7 Å². The molecule has 0 saturated heterocycles. The van der Waals surface area contributed by atoms with E-state index in [0.717, 1.165) is 0 Å². The van der Waals surface area contributed by atoms with Crippen LogP contribution in [0.4, 0.5) is 11.4 Å². The summed E-state index contributed by atoms with van der Waals surface area (Å²) in [5, 5.41) is 21.1. The van der Waals surface area contributed by atoms with Gasteiger partial charge >= 0.3 is 0 Å². The number of para-hydroxylation sites is 1. The molecule has 3 rings (SSSR count). The summed E-state index contributed by atoms with van der Waals surface area (Å²) >= 11 is 6.15. The van der Waals surface area contributed by atoms with E-state index in [9.17, 15) is 14.7 Å². The van der Waals surface area contributed by atoms with E-state index >= 15 is 0 Å². The lowest BCUT2D eigenvalue weighted by molar-refractivity contribution is -0.118. The van der Waals surface area contributed by atoms with Crippen molar-refractivity contribution >= 4 is 34.7 Å². The molecule has 0 aliphatic heterocycles. The van der Waals surface area contributed by atoms with Crippen molar-refractivity contribution in [3.63, 3.8) is 0 Å². The molecule has 2 aromatic carbocycles. The maximum Gasteiger partial charge on any atom is 0.255 e. The Morgan fingerprint density at radius 1 is 1.11 bits per heavy atom. The van der Waals surface area contributed by atoms with Gasteiger partial charge in [-0.2, -0.15) is 0 Å². The molecule has 0 aromatic heterocycles. The van der Waals surface area contributed by atoms with Crippen molar-refractivity contribution in [2.75, 3.05) is 5.32 Å². The number of nitrogens with one attached hydrogen (secondary N) is 1. The van der Waals surface area contributed by atoms with Gasteiger partial charge in [-0.3, -0.25) is 9.59 Å². The number of hydrogen-bond donors (Lipinski definition) is 2. The van der Waals surface area contributed by atoms with Crippen LogP contribution in [0.25, 0.3) is 0 Å². The summed E-state index contributed by atoms with van der Waals surface area (Å²) in [4.78, 5) is 24.7. The van der Waals surface area contributed by atoms with Crippen LogP contribution in [0.2, 0.25) is 5.02 Å². The van der Waals surface area contributed by atoms with Crippen molar-refractivity contribution in [3.05, 3.63) is 70.6 Å². The van der Waals surface area contributed by atoms with E-state index in [1.165, 1.54) is 12.1 Å². The van der Waals surface area contributed by atoms with Crippen molar-refractivity contribution in [1.29, 1.82) is 0 Å². The van der Waals surface area contributed by atoms with Crippen molar-refractivity contribution in [3.8, 4) is 0 Å². The Hall–Kier alpha value is -2.99. The number of ketones is 1. The zero-order chi connectivity index (χ0) is 20.3. The van der Waals surface area contributed by atoms with Gasteiger partial charge in [0.15, 0.2) is 11.5 Å². The third-order valence-electron chi connectivity index (χ3n) is 4.32. The molecule has 7 heteroatoms. The molecule has 0 spiro atoms. The van der Waals surface area contributed by atoms with Gasteiger partial charge in [-0.05, 0) is 35.7 Å². The monoisotopic (exact) mass is 397 g/mol. The Balaban J connectivity index is 1.83. The van der Waals surface area contributed by atoms with Crippen LogP contribution >= 0.6 is 11.6 Å². The highest BCUT2D eigenvalue weighted by atomic mass is 35.5. The smallest absolute Gasteiger partial charge is 0.255 e. The second kappa shape index (κ2) is 7.94. The molecular formula is C21H20ClN3O3. The number of azo groups is 1. The first-order chi connectivity index (χ1) is 13.2. The lowest BCUT2D eigenvalue weighted by Gasteiger charge is -2.27. The molecule has 2 aromatic rings. The topological polar surface area (TPSA) is 91.1 Å². The Labute approximate surface area is 167 Å². The molecule has 0 saturated carbocycles. The fourth-order valence-electron chi connectivity index (χ4n) is 2.95. The normalized spacial score (nSPS) is 16.5. The zero-order valence-electron chi connectivity index (χ0n) is 15.6. The Kier molecular flexibility index (Phi) is 5.61. The molecule has 144 valence electrons. The number of nitrogens with zero attached hydrogens (tertiary/aromatic N) is 2. The fraction of sp³-hybridized carbons (Fsp3) is 0.238. The molecule has 6 nitrogen and oxygen atoms in total. The molecule has 0 heterocycles. The van der Waals surface area contributed by atoms with E-state index < -0.39 is 0 Å². The quantitative estimate of drug-likeness (QED) is 0.635. The van der Waals surface area contributed by atoms with Gasteiger partial charge in [-0.25, -0.2) is 0 Å². The molecule has 28 heavy (non-hydrogen) atoms. The highest BCUT2D eigenvalue weighted by Crippen LogP contribution is 2.37. The number of amides is 1. The average molecular weight is 398 g/mol. The van der Waals surface area contributed by atoms with E-state index in [-0.39, 0.29) is 45.7 Å². The lowest BCUT2D eigenvalue weighted by Crippen LogP contribution is -2.25. The van der Waals surface area contributed by atoms with Gasteiger partial charge in [0.2, 0.25) is 0 Å². The van der Waals surface area contributed by atoms with Gasteiger partial charge in [-0.1, -0.05) is 43.6 Å². The Morgan fingerprint density at radius 3 is 2.50 bits per heavy atom. The second-order valence-electron chi connectivity index (χ2n) is 7.42. The molecular weight excluding hydrogens is 378 g/mol. The minimum Gasteiger partial charge on any atom is -0.510 e. The predicted molar refractivity (Wildman–Crippen MR) is 108 cm³/mol. The van der Waals surface area contributed by atoms with E-state index in [0.29, 0.717) is 17.7 Å². The molecule has 1 amide bonds. The minimum atomic E-state index is -0.322. The highest BCUT2D eigenvalue weighted by molar-refractivity contribution is 6.33. The summed E-state index contributed by atoms with van der Waals surface area (Å²) in [6.07, 6.45) is 0.624. The van der Waals surface area contributed by atoms with Crippen LogP contribution in [-0.4, -0.2) is 16.8 Å². The first-order valence-electron chi connectivity index (χ1n) is 8.78. The van der Waals surface area contributed by atoms with Crippen LogP contribution in [0.15, 0.2) is 70.2 Å². The summed E-state index contributed by atoms with van der Waals surface area (Å²) in [6, 6.07) is 13.6. The standard InChI is InChI=1S/C21H20ClN3O3/c1-21(2)11-17(26)19(18(27)12-21)25-24-16-10-13(8-9-15(16)22)20(28)23-14-6-4-3-5-7-14/h3-10,26H,11-12H2,1-2H3,(H,23,28). The predicted octanol–water partition coefficient (Wildman–Crippen LogP) is 5.83. The van der Waals surface area contributed by atoms with Crippen LogP contribution in [0, 0.1) is 5.41 Å². The summed E-state index contributed by atoms with van der Waals surface area (Å²) in [6.45, 7) is 3.81. The summed E-state index contributed by atoms with van der Waals surface area (Å²) < 4.78 is 0. The summed E-state index contributed by atoms with van der Waals surface area (Å²) in [7, 11) is 0. The molecule has 1 aliphatic carbocycles. The van der Waals surface area contributed by atoms with Gasteiger partial charge in [0.25, 0.3) is 5.91 Å². The Bertz CT molecular complexity index is 982. The van der Waals surface area contributed by atoms with E-state index in [1.807, 2.05) is 32.0 Å². The van der Waals surface area contributed by atoms with Gasteiger partial charge in [0.05, 0.1) is 5.02 Å². The van der Waals surface area contributed by atoms with Crippen LogP contribution in [0.3, 0.4) is 0 Å². The van der Waals surface area contributed by atoms with Crippen LogP contribution < -0.4 is 5.32 Å². The third-order valence-corrected chi connectivity index (χ3v) is 4.64. The number of carbonyl (C=O) groups excluding carboxylic acids is 2. The van der Waals surface area contributed by atoms with Crippen LogP contribution in [0.5, 0.6) is 0 Å². The van der Waals surface area contributed by atoms with E-state index in [1.54, 1.807) is 18.2 Å². The van der Waals surface area contributed by atoms with E-state index in [4.69, 9.17) is 11.6 Å². The van der Waals surface area contributed by atoms with Crippen LogP contribution in [0.1, 0.15) is 37.0 Å². The number of allylic oxidation sites excluding steroid dienone is 2. The number of aliphatic hydroxyl groups is 1. The number of Topliss-reactive ketones (excluding diaryl/α,β-unsaturated/α-hetero) is 1. The maximum absolute atomic E-state index is 12.4. The van der Waals surface area contributed by atoms with Crippen molar-refractivity contribution in [2.45, 2.75) is 26.7 Å². The number of carbonyl (C=O) groups is 2. The van der Waals surface area contributed by atoms with E-state index in [2.05, 4.69) is 15.5 Å². The molecule has 0 unspecified atom stereocenters. The first-order valence-corrected chi connectivity index (χ1v) is 9.16. The van der Waals surface area contributed by atoms with Gasteiger partial charge in [0, 0.05) is 24.1 Å². The maximum atomic E-state index is 12.4. The largest absolute Gasteiger partial charge is 0.510 e. The molecule has 0 atom stereocenters. The number of rotatable bonds is 4. The lowest BCUT2D eigenvalue weighted by atomic mass is 9.78. The summed E-state index contributed by atoms with van der Waals surface area (Å²) in [5.41, 5.74) is 0.871. The average Bonchev–Trinajstić information content (AvgIpc) is 2.62. The summed E-state index contributed by atoms with van der Waals surface area (Å²) in [5.74, 6) is -0.678. The third kappa shape index (κ3) is 4.64. The Morgan fingerprint density at radius 2 is 1.82 bits per heavy atom. The first kappa shape index (κ1) is 19.8. The number of hydrogen-bond acceptors (Lipinski definition) is 5. The van der Waals surface area contributed by atoms with Gasteiger partial charge in [0.1, 0.15) is 11.4 Å². The van der Waals surface area contributed by atoms with Crippen molar-refractivity contribution in [1.82, 2.24) is 0 Å². The number of benzene rings is 2. The van der Waals surface area contributed by atoms with Gasteiger partial charge in [-0.15, -0.1) is 10.2 Å². The number of halogens is 1. The van der Waals surface area contributed by atoms with Crippen LogP contribution in [-0.2, 0) is 4.79 Å². The highest BCUT2D eigenvalue weighted by Gasteiger charge is 2.33. The minimum absolute atomic E-state index is 0.0606. The SMILES string of the molecule is CC1(C)CC(=O)C(N=Nc2cc(C(=O)Nc3ccccc3)ccc2Cl)=C(O)C1. The number of anilines is 1. The molecule has 0 bridgehead atoms. The molecule has 0 radical (unpaired) electrons. The fourth-order valence-corrected chi connectivity index (χ4v) is 3.11. The molecule has 0 fully saturated rings. The van der Waals surface area contributed by atoms with Crippen molar-refractivity contribution in [2.24, 2.45) is 15.6 Å². The molecule has 2 N–H and O–H groups in total. The van der Waals surface area contributed by atoms with Gasteiger partial charge < -0.3 is 10.4 Å². The zero-order valence-corrected chi connectivity index (χ0v) is 16.3. The molecule has 1 aliphatic rings. The number of aliphatic hydroxyl groups excluding tert-OH is 1.